The molecule has 1 N–H and O–H groups in total. The number of quaternary nitrogens is 1. The molecule has 1 saturated carbocycles. The van der Waals surface area contributed by atoms with Crippen LogP contribution in [0.1, 0.15) is 123 Å². The van der Waals surface area contributed by atoms with Gasteiger partial charge >= 0.3 is 13.8 Å². The third kappa shape index (κ3) is 13.8. The maximum atomic E-state index is 12.5. The molecule has 0 radical (unpaired) electrons. The van der Waals surface area contributed by atoms with Crippen LogP contribution in [-0.2, 0) is 27.9 Å². The zero-order valence-electron chi connectivity index (χ0n) is 25.4. The Hall–Kier alpha value is -0.500. The van der Waals surface area contributed by atoms with E-state index in [1.807, 2.05) is 0 Å². The molecule has 0 aromatic carbocycles. The van der Waals surface area contributed by atoms with Gasteiger partial charge in [0, 0.05) is 25.9 Å². The van der Waals surface area contributed by atoms with E-state index in [2.05, 4.69) is 21.0 Å². The number of fused-ring (bicyclic) bond motifs is 2. The first-order valence-electron chi connectivity index (χ1n) is 15.9. The number of piperidine rings is 1. The van der Waals surface area contributed by atoms with Crippen molar-refractivity contribution in [2.45, 2.75) is 141 Å². The minimum absolute atomic E-state index is 0.133. The van der Waals surface area contributed by atoms with Gasteiger partial charge in [0.1, 0.15) is 18.8 Å². The Morgan fingerprint density at radius 1 is 0.872 bits per heavy atom. The van der Waals surface area contributed by atoms with Crippen molar-refractivity contribution in [3.05, 3.63) is 0 Å². The maximum Gasteiger partial charge on any atom is 0.472 e. The molecule has 5 unspecified atom stereocenters. The Morgan fingerprint density at radius 2 is 1.44 bits per heavy atom. The molecule has 1 saturated heterocycles. The summed E-state index contributed by atoms with van der Waals surface area (Å²) in [5.74, 6) is 0.0560. The molecular weight excluding hydrogens is 517 g/mol. The number of phosphoric ester groups is 1. The Labute approximate surface area is 238 Å². The van der Waals surface area contributed by atoms with Crippen molar-refractivity contribution >= 4 is 13.8 Å². The standard InChI is InChI=1S/C30H58NO7P/c1-5-6-7-8-9-10-11-12-13-14-15-16-17-18-21-35-23-29(38-26(2)32)24-36-39(33,34)37-25-30-27-19-20-28(22-27)31(30,3)4/h27-30H,5-25H2,1-4H3/p+1. The Kier molecular flexibility index (Phi) is 16.8. The molecule has 5 atom stereocenters. The molecule has 0 amide bonds. The second kappa shape index (κ2) is 18.8. The largest absolute Gasteiger partial charge is 0.472 e. The molecule has 9 heteroatoms. The summed E-state index contributed by atoms with van der Waals surface area (Å²) in [6.45, 7) is 4.23. The lowest BCUT2D eigenvalue weighted by atomic mass is 9.98. The van der Waals surface area contributed by atoms with Crippen LogP contribution in [0.5, 0.6) is 0 Å². The van der Waals surface area contributed by atoms with Crippen molar-refractivity contribution in [3.63, 3.8) is 0 Å². The Bertz CT molecular complexity index is 719. The Balaban J connectivity index is 1.49. The van der Waals surface area contributed by atoms with Gasteiger partial charge in [-0.1, -0.05) is 90.4 Å². The number of hydrogen-bond acceptors (Lipinski definition) is 6. The summed E-state index contributed by atoms with van der Waals surface area (Å²) in [6, 6.07) is 0.804. The minimum atomic E-state index is -4.25. The molecular formula is C30H59NO7P+. The van der Waals surface area contributed by atoms with Crippen molar-refractivity contribution in [3.8, 4) is 0 Å². The summed E-state index contributed by atoms with van der Waals surface area (Å²) >= 11 is 0. The summed E-state index contributed by atoms with van der Waals surface area (Å²) in [5, 5.41) is 0. The summed E-state index contributed by atoms with van der Waals surface area (Å²) < 4.78 is 34.9. The van der Waals surface area contributed by atoms with Gasteiger partial charge in [-0.25, -0.2) is 4.57 Å². The van der Waals surface area contributed by atoms with Crippen LogP contribution in [0.2, 0.25) is 0 Å². The average molecular weight is 577 g/mol. The predicted molar refractivity (Wildman–Crippen MR) is 155 cm³/mol. The molecule has 0 spiro atoms. The van der Waals surface area contributed by atoms with E-state index in [1.165, 1.54) is 90.4 Å². The fourth-order valence-electron chi connectivity index (χ4n) is 6.44. The highest BCUT2D eigenvalue weighted by molar-refractivity contribution is 7.47. The van der Waals surface area contributed by atoms with Gasteiger partial charge in [-0.2, -0.15) is 0 Å². The van der Waals surface area contributed by atoms with Crippen molar-refractivity contribution < 1.29 is 37.3 Å². The zero-order chi connectivity index (χ0) is 28.6. The normalized spacial score (nSPS) is 24.1. The van der Waals surface area contributed by atoms with Crippen LogP contribution in [0.3, 0.4) is 0 Å². The number of phosphoric acid groups is 1. The number of likely N-dealkylation sites (tertiary alicyclic amines) is 1. The molecule has 2 aliphatic rings. The Morgan fingerprint density at radius 3 is 1.95 bits per heavy atom. The lowest BCUT2D eigenvalue weighted by Gasteiger charge is -2.41. The van der Waals surface area contributed by atoms with E-state index in [0.29, 0.717) is 18.6 Å². The fourth-order valence-corrected chi connectivity index (χ4v) is 7.21. The topological polar surface area (TPSA) is 91.3 Å². The molecule has 230 valence electrons. The third-order valence-electron chi connectivity index (χ3n) is 8.90. The van der Waals surface area contributed by atoms with E-state index in [4.69, 9.17) is 18.5 Å². The van der Waals surface area contributed by atoms with Gasteiger partial charge in [0.05, 0.1) is 33.4 Å². The summed E-state index contributed by atoms with van der Waals surface area (Å²) in [4.78, 5) is 21.7. The van der Waals surface area contributed by atoms with E-state index in [9.17, 15) is 14.3 Å². The highest BCUT2D eigenvalue weighted by Crippen LogP contribution is 2.49. The van der Waals surface area contributed by atoms with Gasteiger partial charge in [-0.3, -0.25) is 13.8 Å². The van der Waals surface area contributed by atoms with Crippen LogP contribution in [0, 0.1) is 5.92 Å². The summed E-state index contributed by atoms with van der Waals surface area (Å²) in [6.07, 6.45) is 21.0. The van der Waals surface area contributed by atoms with Gasteiger partial charge in [0.25, 0.3) is 0 Å². The molecule has 1 heterocycles. The molecule has 2 bridgehead atoms. The van der Waals surface area contributed by atoms with Crippen molar-refractivity contribution in [1.82, 2.24) is 0 Å². The minimum Gasteiger partial charge on any atom is -0.458 e. The number of nitrogens with zero attached hydrogens (tertiary/aromatic N) is 1. The third-order valence-corrected chi connectivity index (χ3v) is 9.85. The lowest BCUT2D eigenvalue weighted by molar-refractivity contribution is -0.930. The lowest BCUT2D eigenvalue weighted by Crippen LogP contribution is -2.55. The molecule has 1 aliphatic heterocycles. The summed E-state index contributed by atoms with van der Waals surface area (Å²) in [7, 11) is 0.0937. The number of carbonyl (C=O) groups is 1. The van der Waals surface area contributed by atoms with Crippen LogP contribution >= 0.6 is 7.82 Å². The fraction of sp³-hybridized carbons (Fsp3) is 0.967. The molecule has 1 aliphatic carbocycles. The van der Waals surface area contributed by atoms with E-state index in [-0.39, 0.29) is 25.9 Å². The van der Waals surface area contributed by atoms with Crippen molar-refractivity contribution in [2.75, 3.05) is 40.5 Å². The predicted octanol–water partition coefficient (Wildman–Crippen LogP) is 7.18. The van der Waals surface area contributed by atoms with Crippen LogP contribution in [0.15, 0.2) is 0 Å². The van der Waals surface area contributed by atoms with Crippen molar-refractivity contribution in [2.24, 2.45) is 5.92 Å². The van der Waals surface area contributed by atoms with E-state index in [1.54, 1.807) is 0 Å². The number of carbonyl (C=O) groups excluding carboxylic acids is 1. The van der Waals surface area contributed by atoms with E-state index in [0.717, 1.165) is 30.2 Å². The molecule has 8 nitrogen and oxygen atoms in total. The quantitative estimate of drug-likeness (QED) is 0.0563. The number of ether oxygens (including phenoxy) is 2. The van der Waals surface area contributed by atoms with Gasteiger partial charge in [-0.15, -0.1) is 0 Å². The van der Waals surface area contributed by atoms with Gasteiger partial charge in [0.15, 0.2) is 0 Å². The van der Waals surface area contributed by atoms with Crippen molar-refractivity contribution in [1.29, 1.82) is 0 Å². The number of rotatable bonds is 24. The van der Waals surface area contributed by atoms with Crippen LogP contribution < -0.4 is 0 Å². The van der Waals surface area contributed by atoms with Gasteiger partial charge in [0.2, 0.25) is 0 Å². The number of unbranched alkanes of at least 4 members (excludes halogenated alkanes) is 13. The molecule has 39 heavy (non-hydrogen) atoms. The summed E-state index contributed by atoms with van der Waals surface area (Å²) in [5.41, 5.74) is 0. The number of hydrogen-bond donors (Lipinski definition) is 1. The molecule has 0 aromatic rings. The van der Waals surface area contributed by atoms with Crippen LogP contribution in [0.25, 0.3) is 0 Å². The number of esters is 1. The molecule has 2 fully saturated rings. The number of likely N-dealkylation sites (N-methyl/N-ethyl adjacent to an activating group) is 1. The molecule has 2 rings (SSSR count). The average Bonchev–Trinajstić information content (AvgIpc) is 3.45. The first-order valence-corrected chi connectivity index (χ1v) is 17.4. The second-order valence-corrected chi connectivity index (χ2v) is 13.8. The highest BCUT2D eigenvalue weighted by Gasteiger charge is 2.54. The first kappa shape index (κ1) is 34.7. The monoisotopic (exact) mass is 576 g/mol. The van der Waals surface area contributed by atoms with Gasteiger partial charge < -0.3 is 18.9 Å². The van der Waals surface area contributed by atoms with Crippen LogP contribution in [0.4, 0.5) is 0 Å². The van der Waals surface area contributed by atoms with E-state index >= 15 is 0 Å². The maximum absolute atomic E-state index is 12.5. The zero-order valence-corrected chi connectivity index (χ0v) is 26.3. The second-order valence-electron chi connectivity index (χ2n) is 12.4. The smallest absolute Gasteiger partial charge is 0.458 e. The first-order chi connectivity index (χ1) is 18.7. The SMILES string of the molecule is CCCCCCCCCCCCCCCCOCC(COP(=O)(O)OCC1C2CCC(C2)[N+]1(C)C)OC(C)=O. The van der Waals surface area contributed by atoms with Crippen LogP contribution in [-0.4, -0.2) is 74.1 Å². The van der Waals surface area contributed by atoms with E-state index < -0.39 is 19.9 Å². The molecule has 0 aromatic heterocycles. The van der Waals surface area contributed by atoms with Gasteiger partial charge in [-0.05, 0) is 19.3 Å². The highest BCUT2D eigenvalue weighted by atomic mass is 31.2.